The van der Waals surface area contributed by atoms with Gasteiger partial charge in [0.2, 0.25) is 0 Å². The lowest BCUT2D eigenvalue weighted by Gasteiger charge is -2.10. The summed E-state index contributed by atoms with van der Waals surface area (Å²) in [4.78, 5) is 10.1. The zero-order valence-corrected chi connectivity index (χ0v) is 14.7. The van der Waals surface area contributed by atoms with Gasteiger partial charge in [0.05, 0.1) is 15.6 Å². The minimum Gasteiger partial charge on any atom is -0.383 e. The molecule has 0 unspecified atom stereocenters. The predicted octanol–water partition coefficient (Wildman–Crippen LogP) is 4.66. The second-order valence-electron chi connectivity index (χ2n) is 4.73. The Balaban J connectivity index is 0.00000288. The molecule has 0 aliphatic carbocycles. The molecular formula is C15H15Cl3FN3O2. The minimum atomic E-state index is -0.505. The van der Waals surface area contributed by atoms with E-state index in [1.807, 2.05) is 0 Å². The first-order valence-corrected chi connectivity index (χ1v) is 7.56. The van der Waals surface area contributed by atoms with Crippen LogP contribution in [0.4, 0.5) is 15.8 Å². The summed E-state index contributed by atoms with van der Waals surface area (Å²) in [6.07, 6.45) is 0. The van der Waals surface area contributed by atoms with Gasteiger partial charge in [0, 0.05) is 42.4 Å². The van der Waals surface area contributed by atoms with Crippen molar-refractivity contribution >= 4 is 47.0 Å². The Kier molecular flexibility index (Phi) is 8.21. The van der Waals surface area contributed by atoms with Gasteiger partial charge in [0.15, 0.2) is 0 Å². The summed E-state index contributed by atoms with van der Waals surface area (Å²) in [5.74, 6) is -0.351. The lowest BCUT2D eigenvalue weighted by Crippen LogP contribution is -2.22. The average molecular weight is 395 g/mol. The molecule has 0 aliphatic rings. The molecule has 0 amide bonds. The highest BCUT2D eigenvalue weighted by atomic mass is 35.5. The molecule has 0 radical (unpaired) electrons. The molecule has 0 aromatic heterocycles. The normalized spacial score (nSPS) is 10.1. The van der Waals surface area contributed by atoms with E-state index in [1.165, 1.54) is 18.2 Å². The molecule has 9 heteroatoms. The molecule has 0 heterocycles. The van der Waals surface area contributed by atoms with Gasteiger partial charge >= 0.3 is 0 Å². The number of benzene rings is 2. The number of hydrogen-bond donors (Lipinski definition) is 2. The van der Waals surface area contributed by atoms with Crippen LogP contribution in [0.25, 0.3) is 0 Å². The molecule has 24 heavy (non-hydrogen) atoms. The molecule has 2 rings (SSSR count). The Bertz CT molecular complexity index is 696. The van der Waals surface area contributed by atoms with Gasteiger partial charge in [-0.05, 0) is 18.2 Å². The van der Waals surface area contributed by atoms with Crippen LogP contribution in [-0.4, -0.2) is 18.0 Å². The van der Waals surface area contributed by atoms with Crippen molar-refractivity contribution in [1.29, 1.82) is 0 Å². The van der Waals surface area contributed by atoms with Gasteiger partial charge in [-0.3, -0.25) is 10.1 Å². The number of nitro benzene ring substituents is 1. The molecule has 0 saturated carbocycles. The summed E-state index contributed by atoms with van der Waals surface area (Å²) in [6.45, 7) is 1.36. The van der Waals surface area contributed by atoms with Crippen LogP contribution in [0.1, 0.15) is 5.56 Å². The van der Waals surface area contributed by atoms with Crippen molar-refractivity contribution in [3.63, 3.8) is 0 Å². The second kappa shape index (κ2) is 9.64. The molecule has 5 nitrogen and oxygen atoms in total. The zero-order chi connectivity index (χ0) is 16.8. The first kappa shape index (κ1) is 20.4. The Morgan fingerprint density at radius 2 is 1.88 bits per heavy atom. The Morgan fingerprint density at radius 1 is 1.12 bits per heavy atom. The van der Waals surface area contributed by atoms with Crippen LogP contribution in [0.3, 0.4) is 0 Å². The van der Waals surface area contributed by atoms with E-state index in [2.05, 4.69) is 10.6 Å². The first-order chi connectivity index (χ1) is 11.0. The number of hydrogen-bond acceptors (Lipinski definition) is 4. The molecule has 0 aliphatic heterocycles. The van der Waals surface area contributed by atoms with Gasteiger partial charge in [0.1, 0.15) is 5.82 Å². The molecule has 0 fully saturated rings. The van der Waals surface area contributed by atoms with Crippen molar-refractivity contribution in [3.8, 4) is 0 Å². The van der Waals surface area contributed by atoms with E-state index < -0.39 is 4.92 Å². The summed E-state index contributed by atoms with van der Waals surface area (Å²) in [7, 11) is 0. The van der Waals surface area contributed by atoms with Gasteiger partial charge in [-0.25, -0.2) is 4.39 Å². The number of non-ortho nitro benzene ring substituents is 1. The number of anilines is 1. The van der Waals surface area contributed by atoms with Crippen LogP contribution in [0.15, 0.2) is 36.4 Å². The maximum absolute atomic E-state index is 13.6. The number of rotatable bonds is 7. The standard InChI is InChI=1S/C15H14Cl2FN3O2.ClH/c16-12-2-1-3-14(18)11(12)9-19-6-7-20-15-5-4-10(21(22)23)8-13(15)17;/h1-5,8,19-20H,6-7,9H2;1H. The molecule has 130 valence electrons. The molecule has 2 aromatic rings. The second-order valence-corrected chi connectivity index (χ2v) is 5.54. The molecule has 0 spiro atoms. The number of nitrogens with one attached hydrogen (secondary N) is 2. The maximum atomic E-state index is 13.6. The van der Waals surface area contributed by atoms with Crippen LogP contribution >= 0.6 is 35.6 Å². The summed E-state index contributed by atoms with van der Waals surface area (Å²) >= 11 is 11.9. The van der Waals surface area contributed by atoms with Crippen LogP contribution < -0.4 is 10.6 Å². The van der Waals surface area contributed by atoms with Crippen LogP contribution in [0, 0.1) is 15.9 Å². The van der Waals surface area contributed by atoms with Crippen LogP contribution in [0.2, 0.25) is 10.0 Å². The van der Waals surface area contributed by atoms with Crippen molar-refractivity contribution in [3.05, 3.63) is 67.9 Å². The fraction of sp³-hybridized carbons (Fsp3) is 0.200. The van der Waals surface area contributed by atoms with Crippen molar-refractivity contribution in [1.82, 2.24) is 5.32 Å². The molecular weight excluding hydrogens is 380 g/mol. The first-order valence-electron chi connectivity index (χ1n) is 6.80. The molecule has 0 atom stereocenters. The predicted molar refractivity (Wildman–Crippen MR) is 97.0 cm³/mol. The summed E-state index contributed by atoms with van der Waals surface area (Å²) in [5.41, 5.74) is 0.957. The van der Waals surface area contributed by atoms with E-state index in [0.29, 0.717) is 35.9 Å². The van der Waals surface area contributed by atoms with Gasteiger partial charge in [-0.2, -0.15) is 0 Å². The van der Waals surface area contributed by atoms with Crippen molar-refractivity contribution in [2.45, 2.75) is 6.54 Å². The van der Waals surface area contributed by atoms with Gasteiger partial charge in [-0.1, -0.05) is 29.3 Å². The van der Waals surface area contributed by atoms with Crippen LogP contribution in [0.5, 0.6) is 0 Å². The highest BCUT2D eigenvalue weighted by Gasteiger charge is 2.09. The Hall–Kier alpha value is -1.60. The van der Waals surface area contributed by atoms with Crippen molar-refractivity contribution < 1.29 is 9.31 Å². The molecule has 2 N–H and O–H groups in total. The smallest absolute Gasteiger partial charge is 0.271 e. The summed E-state index contributed by atoms with van der Waals surface area (Å²) < 4.78 is 13.6. The SMILES string of the molecule is Cl.O=[N+]([O-])c1ccc(NCCNCc2c(F)cccc2Cl)c(Cl)c1. The zero-order valence-electron chi connectivity index (χ0n) is 12.4. The third-order valence-electron chi connectivity index (χ3n) is 3.14. The quantitative estimate of drug-likeness (QED) is 0.407. The summed E-state index contributed by atoms with van der Waals surface area (Å²) in [6, 6.07) is 8.76. The number of halogens is 4. The van der Waals surface area contributed by atoms with Crippen molar-refractivity contribution in [2.75, 3.05) is 18.4 Å². The van der Waals surface area contributed by atoms with Crippen LogP contribution in [-0.2, 0) is 6.54 Å². The summed E-state index contributed by atoms with van der Waals surface area (Å²) in [5, 5.41) is 17.4. The van der Waals surface area contributed by atoms with E-state index in [0.717, 1.165) is 0 Å². The number of nitro groups is 1. The number of nitrogens with zero attached hydrogens (tertiary/aromatic N) is 1. The van der Waals surface area contributed by atoms with E-state index in [-0.39, 0.29) is 28.9 Å². The van der Waals surface area contributed by atoms with Gasteiger partial charge < -0.3 is 10.6 Å². The Labute approximate surface area is 154 Å². The third kappa shape index (κ3) is 5.49. The highest BCUT2D eigenvalue weighted by Crippen LogP contribution is 2.26. The molecule has 2 aromatic carbocycles. The lowest BCUT2D eigenvalue weighted by atomic mass is 10.2. The van der Waals surface area contributed by atoms with E-state index in [1.54, 1.807) is 18.2 Å². The van der Waals surface area contributed by atoms with Gasteiger partial charge in [0.25, 0.3) is 5.69 Å². The monoisotopic (exact) mass is 393 g/mol. The highest BCUT2D eigenvalue weighted by molar-refractivity contribution is 6.33. The minimum absolute atomic E-state index is 0. The maximum Gasteiger partial charge on any atom is 0.271 e. The molecule has 0 bridgehead atoms. The van der Waals surface area contributed by atoms with E-state index >= 15 is 0 Å². The fourth-order valence-corrected chi connectivity index (χ4v) is 2.43. The third-order valence-corrected chi connectivity index (χ3v) is 3.81. The fourth-order valence-electron chi connectivity index (χ4n) is 1.96. The van der Waals surface area contributed by atoms with Gasteiger partial charge in [-0.15, -0.1) is 12.4 Å². The van der Waals surface area contributed by atoms with E-state index in [9.17, 15) is 14.5 Å². The topological polar surface area (TPSA) is 67.2 Å². The lowest BCUT2D eigenvalue weighted by molar-refractivity contribution is -0.384. The average Bonchev–Trinajstić information content (AvgIpc) is 2.50. The molecule has 0 saturated heterocycles. The van der Waals surface area contributed by atoms with Crippen molar-refractivity contribution in [2.24, 2.45) is 0 Å². The van der Waals surface area contributed by atoms with E-state index in [4.69, 9.17) is 23.2 Å². The largest absolute Gasteiger partial charge is 0.383 e. The Morgan fingerprint density at radius 3 is 2.50 bits per heavy atom.